The highest BCUT2D eigenvalue weighted by atomic mass is 19.4. The number of rotatable bonds is 8. The van der Waals surface area contributed by atoms with E-state index in [0.717, 1.165) is 46.2 Å². The summed E-state index contributed by atoms with van der Waals surface area (Å²) in [5, 5.41) is 3.14. The number of nitrogens with zero attached hydrogens (tertiary/aromatic N) is 4. The molecular weight excluding hydrogens is 347 g/mol. The second-order valence-corrected chi connectivity index (χ2v) is 6.62. The first-order chi connectivity index (χ1) is 12.2. The van der Waals surface area contributed by atoms with Gasteiger partial charge in [-0.25, -0.2) is 4.99 Å². The van der Waals surface area contributed by atoms with Crippen molar-refractivity contribution in [2.45, 2.75) is 33.4 Å². The Kier molecular flexibility index (Phi) is 9.18. The van der Waals surface area contributed by atoms with Crippen LogP contribution in [0.25, 0.3) is 0 Å². The molecule has 1 aliphatic rings. The van der Waals surface area contributed by atoms with Gasteiger partial charge in [0.15, 0.2) is 5.96 Å². The number of nitrogens with one attached hydrogen (secondary N) is 1. The van der Waals surface area contributed by atoms with Crippen molar-refractivity contribution in [3.63, 3.8) is 0 Å². The van der Waals surface area contributed by atoms with Crippen molar-refractivity contribution < 1.29 is 18.0 Å². The number of aliphatic imine (C=N–C) groups is 1. The Labute approximate surface area is 154 Å². The lowest BCUT2D eigenvalue weighted by Crippen LogP contribution is -2.42. The molecule has 1 heterocycles. The van der Waals surface area contributed by atoms with Crippen LogP contribution < -0.4 is 5.32 Å². The minimum Gasteiger partial charge on any atom is -0.357 e. The van der Waals surface area contributed by atoms with E-state index in [1.54, 1.807) is 0 Å². The number of carbonyl (C=O) groups excluding carboxylic acids is 1. The van der Waals surface area contributed by atoms with Gasteiger partial charge in [0.05, 0.1) is 0 Å². The summed E-state index contributed by atoms with van der Waals surface area (Å²) in [7, 11) is 1.15. The number of amides is 1. The third-order valence-corrected chi connectivity index (χ3v) is 4.54. The van der Waals surface area contributed by atoms with Crippen LogP contribution in [0.2, 0.25) is 0 Å². The monoisotopic (exact) mass is 379 g/mol. The summed E-state index contributed by atoms with van der Waals surface area (Å²) in [5.41, 5.74) is 0. The van der Waals surface area contributed by atoms with Gasteiger partial charge in [0.1, 0.15) is 13.1 Å². The maximum absolute atomic E-state index is 12.4. The molecule has 1 rings (SSSR count). The fourth-order valence-corrected chi connectivity index (χ4v) is 3.07. The van der Waals surface area contributed by atoms with Crippen LogP contribution >= 0.6 is 0 Å². The van der Waals surface area contributed by atoms with Gasteiger partial charge in [-0.1, -0.05) is 13.8 Å². The van der Waals surface area contributed by atoms with Crippen molar-refractivity contribution in [1.29, 1.82) is 0 Å². The Morgan fingerprint density at radius 2 is 1.92 bits per heavy atom. The molecular formula is C17H32F3N5O. The van der Waals surface area contributed by atoms with E-state index in [-0.39, 0.29) is 6.54 Å². The largest absolute Gasteiger partial charge is 0.406 e. The van der Waals surface area contributed by atoms with E-state index in [9.17, 15) is 18.0 Å². The average molecular weight is 379 g/mol. The van der Waals surface area contributed by atoms with Crippen molar-refractivity contribution in [3.8, 4) is 0 Å². The molecule has 1 fully saturated rings. The first kappa shape index (κ1) is 22.5. The van der Waals surface area contributed by atoms with Crippen LogP contribution in [0.4, 0.5) is 13.2 Å². The van der Waals surface area contributed by atoms with Crippen LogP contribution in [0.15, 0.2) is 4.99 Å². The lowest BCUT2D eigenvalue weighted by atomic mass is 10.1. The maximum atomic E-state index is 12.4. The van der Waals surface area contributed by atoms with Crippen LogP contribution in [0, 0.1) is 5.92 Å². The molecule has 1 amide bonds. The van der Waals surface area contributed by atoms with E-state index in [1.165, 1.54) is 0 Å². The van der Waals surface area contributed by atoms with Crippen molar-refractivity contribution in [2.75, 3.05) is 59.4 Å². The molecule has 0 spiro atoms. The minimum atomic E-state index is -4.40. The third-order valence-electron chi connectivity index (χ3n) is 4.54. The van der Waals surface area contributed by atoms with Crippen LogP contribution in [-0.2, 0) is 4.79 Å². The first-order valence-corrected chi connectivity index (χ1v) is 9.26. The average Bonchev–Trinajstić information content (AvgIpc) is 3.02. The van der Waals surface area contributed by atoms with Gasteiger partial charge in [-0.05, 0) is 32.4 Å². The number of halogens is 3. The normalized spacial score (nSPS) is 18.5. The lowest BCUT2D eigenvalue weighted by Gasteiger charge is -2.24. The summed E-state index contributed by atoms with van der Waals surface area (Å²) < 4.78 is 37.1. The molecule has 1 unspecified atom stereocenters. The van der Waals surface area contributed by atoms with Gasteiger partial charge in [-0.2, -0.15) is 13.2 Å². The number of guanidine groups is 1. The molecule has 0 aliphatic carbocycles. The highest BCUT2D eigenvalue weighted by Crippen LogP contribution is 2.18. The zero-order valence-electron chi connectivity index (χ0n) is 16.3. The third kappa shape index (κ3) is 7.80. The van der Waals surface area contributed by atoms with Crippen molar-refractivity contribution in [1.82, 2.24) is 20.0 Å². The molecule has 0 aromatic rings. The number of likely N-dealkylation sites (tertiary alicyclic amines) is 1. The van der Waals surface area contributed by atoms with Crippen molar-refractivity contribution in [2.24, 2.45) is 10.9 Å². The molecule has 9 heteroatoms. The van der Waals surface area contributed by atoms with Gasteiger partial charge in [0.25, 0.3) is 0 Å². The minimum absolute atomic E-state index is 0.286. The van der Waals surface area contributed by atoms with E-state index in [1.807, 2.05) is 6.92 Å². The lowest BCUT2D eigenvalue weighted by molar-refractivity contribution is -0.157. The highest BCUT2D eigenvalue weighted by Gasteiger charge is 2.31. The zero-order valence-corrected chi connectivity index (χ0v) is 16.3. The van der Waals surface area contributed by atoms with E-state index in [2.05, 4.69) is 34.0 Å². The van der Waals surface area contributed by atoms with Crippen LogP contribution in [-0.4, -0.2) is 92.1 Å². The van der Waals surface area contributed by atoms with Crippen LogP contribution in [0.1, 0.15) is 27.2 Å². The number of hydrogen-bond acceptors (Lipinski definition) is 3. The maximum Gasteiger partial charge on any atom is 0.406 e. The molecule has 0 aromatic carbocycles. The summed E-state index contributed by atoms with van der Waals surface area (Å²) in [6.45, 7) is 10.0. The fraction of sp³-hybridized carbons (Fsp3) is 0.882. The zero-order chi connectivity index (χ0) is 19.7. The van der Waals surface area contributed by atoms with Crippen LogP contribution in [0.5, 0.6) is 0 Å². The Morgan fingerprint density at radius 3 is 2.46 bits per heavy atom. The smallest absolute Gasteiger partial charge is 0.357 e. The van der Waals surface area contributed by atoms with Gasteiger partial charge in [0.2, 0.25) is 5.91 Å². The number of likely N-dealkylation sites (N-methyl/N-ethyl adjacent to an activating group) is 1. The summed E-state index contributed by atoms with van der Waals surface area (Å²) in [6.07, 6.45) is -3.35. The standard InChI is InChI=1S/C17H32F3N5O/c1-5-21-16(22-10-15(26)23(4)13-17(18,19)20)25-9-8-14(12-25)11-24(6-2)7-3/h14H,5-13H2,1-4H3,(H,21,22). The Morgan fingerprint density at radius 1 is 1.27 bits per heavy atom. The number of carbonyl (C=O) groups is 1. The van der Waals surface area contributed by atoms with Gasteiger partial charge in [0, 0.05) is 33.2 Å². The van der Waals surface area contributed by atoms with E-state index < -0.39 is 18.6 Å². The molecule has 1 saturated heterocycles. The fourth-order valence-electron chi connectivity index (χ4n) is 3.07. The van der Waals surface area contributed by atoms with Gasteiger partial charge in [-0.15, -0.1) is 0 Å². The molecule has 0 saturated carbocycles. The topological polar surface area (TPSA) is 51.2 Å². The molecule has 0 radical (unpaired) electrons. The molecule has 1 N–H and O–H groups in total. The number of hydrogen-bond donors (Lipinski definition) is 1. The SMILES string of the molecule is CCNC(=NCC(=O)N(C)CC(F)(F)F)N1CCC(CN(CC)CC)C1. The first-order valence-electron chi connectivity index (χ1n) is 9.26. The van der Waals surface area contributed by atoms with E-state index in [4.69, 9.17) is 0 Å². The predicted molar refractivity (Wildman–Crippen MR) is 97.1 cm³/mol. The van der Waals surface area contributed by atoms with Gasteiger partial charge >= 0.3 is 6.18 Å². The predicted octanol–water partition coefficient (Wildman–Crippen LogP) is 1.64. The summed E-state index contributed by atoms with van der Waals surface area (Å²) in [5.74, 6) is 0.488. The second kappa shape index (κ2) is 10.6. The molecule has 152 valence electrons. The highest BCUT2D eigenvalue weighted by molar-refractivity contribution is 5.85. The second-order valence-electron chi connectivity index (χ2n) is 6.62. The summed E-state index contributed by atoms with van der Waals surface area (Å²) in [4.78, 5) is 21.3. The molecule has 0 aromatic heterocycles. The van der Waals surface area contributed by atoms with Crippen molar-refractivity contribution >= 4 is 11.9 Å². The molecule has 26 heavy (non-hydrogen) atoms. The quantitative estimate of drug-likeness (QED) is 0.515. The van der Waals surface area contributed by atoms with Gasteiger partial charge in [-0.3, -0.25) is 4.79 Å². The summed E-state index contributed by atoms with van der Waals surface area (Å²) in [6, 6.07) is 0. The Bertz CT molecular complexity index is 466. The molecule has 1 atom stereocenters. The van der Waals surface area contributed by atoms with Gasteiger partial charge < -0.3 is 20.0 Å². The molecule has 6 nitrogen and oxygen atoms in total. The summed E-state index contributed by atoms with van der Waals surface area (Å²) >= 11 is 0. The molecule has 1 aliphatic heterocycles. The van der Waals surface area contributed by atoms with Crippen LogP contribution in [0.3, 0.4) is 0 Å². The van der Waals surface area contributed by atoms with Crippen molar-refractivity contribution in [3.05, 3.63) is 0 Å². The van der Waals surface area contributed by atoms with E-state index in [0.29, 0.717) is 23.3 Å². The van der Waals surface area contributed by atoms with E-state index >= 15 is 0 Å². The Hall–Kier alpha value is -1.51. The Balaban J connectivity index is 2.62. The number of alkyl halides is 3. The molecule has 0 bridgehead atoms.